The van der Waals surface area contributed by atoms with Crippen LogP contribution in [0.3, 0.4) is 0 Å². The van der Waals surface area contributed by atoms with Crippen molar-refractivity contribution in [2.45, 2.75) is 31.7 Å². The van der Waals surface area contributed by atoms with Gasteiger partial charge in [-0.25, -0.2) is 4.68 Å². The Kier molecular flexibility index (Phi) is 10.1. The lowest BCUT2D eigenvalue weighted by molar-refractivity contribution is -0.908. The third-order valence-electron chi connectivity index (χ3n) is 7.31. The van der Waals surface area contributed by atoms with E-state index in [2.05, 4.69) is 36.4 Å². The zero-order valence-corrected chi connectivity index (χ0v) is 22.8. The number of hydrogen-bond donors (Lipinski definition) is 3. The number of benzene rings is 2. The van der Waals surface area contributed by atoms with E-state index in [4.69, 9.17) is 25.5 Å². The van der Waals surface area contributed by atoms with Crippen LogP contribution < -0.4 is 25.7 Å². The number of aromatic nitrogens is 2. The molecular formula is C27H29F6N5O5. The minimum atomic E-state index is -5.19. The number of nitrogens with one attached hydrogen (secondary N) is 2. The maximum atomic E-state index is 11.7. The van der Waals surface area contributed by atoms with Crippen LogP contribution in [-0.2, 0) is 16.1 Å². The van der Waals surface area contributed by atoms with E-state index in [1.165, 1.54) is 44.6 Å². The second kappa shape index (κ2) is 13.0. The number of amides is 1. The van der Waals surface area contributed by atoms with Crippen molar-refractivity contribution in [2.24, 2.45) is 11.1 Å². The van der Waals surface area contributed by atoms with Gasteiger partial charge in [0.2, 0.25) is 0 Å². The van der Waals surface area contributed by atoms with Gasteiger partial charge in [0.15, 0.2) is 0 Å². The van der Waals surface area contributed by atoms with Gasteiger partial charge in [-0.2, -0.15) is 31.4 Å². The Hall–Kier alpha value is -4.18. The van der Waals surface area contributed by atoms with Gasteiger partial charge in [0.25, 0.3) is 5.91 Å². The van der Waals surface area contributed by atoms with Crippen LogP contribution >= 0.6 is 0 Å². The van der Waals surface area contributed by atoms with Gasteiger partial charge in [0, 0.05) is 30.0 Å². The standard InChI is InChI=1S/C23H27N5O.2C2HF3O2/c1-26-11-9-23(15-26)10-12-27(16-23)13-17-5-7-19(8-6-17)28-14-18-3-2-4-20(22(24)29)21(18)25-28;2*3-2(4,5)1(6)7/h2-8,14H,9-13,15-16H2,1H3,(H2,24,29);2*(H,6,7). The molecule has 3 heterocycles. The number of quaternary nitrogens is 2. The number of carboxylic acid groups (broad SMARTS) is 2. The topological polar surface area (TPSA) is 150 Å². The summed E-state index contributed by atoms with van der Waals surface area (Å²) in [5.74, 6) is -6.46. The van der Waals surface area contributed by atoms with Crippen LogP contribution in [0.2, 0.25) is 0 Å². The van der Waals surface area contributed by atoms with Crippen LogP contribution in [0.5, 0.6) is 0 Å². The van der Waals surface area contributed by atoms with Crippen LogP contribution in [0, 0.1) is 5.41 Å². The van der Waals surface area contributed by atoms with E-state index in [1.54, 1.807) is 15.9 Å². The van der Waals surface area contributed by atoms with Crippen molar-refractivity contribution >= 4 is 28.7 Å². The van der Waals surface area contributed by atoms with Gasteiger partial charge in [-0.1, -0.05) is 24.3 Å². The molecule has 0 aliphatic carbocycles. The highest BCUT2D eigenvalue weighted by Gasteiger charge is 2.48. The molecular weight excluding hydrogens is 588 g/mol. The lowest BCUT2D eigenvalue weighted by Gasteiger charge is -2.18. The highest BCUT2D eigenvalue weighted by Crippen LogP contribution is 2.28. The Morgan fingerprint density at radius 2 is 1.49 bits per heavy atom. The van der Waals surface area contributed by atoms with E-state index < -0.39 is 30.2 Å². The third kappa shape index (κ3) is 8.90. The molecule has 43 heavy (non-hydrogen) atoms. The van der Waals surface area contributed by atoms with Gasteiger partial charge in [-0.15, -0.1) is 0 Å². The molecule has 0 bridgehead atoms. The average Bonchev–Trinajstić information content (AvgIpc) is 3.62. The molecule has 5 rings (SSSR count). The molecule has 10 nitrogen and oxygen atoms in total. The number of nitrogens with two attached hydrogens (primary N) is 1. The summed E-state index contributed by atoms with van der Waals surface area (Å²) in [5.41, 5.74) is 9.55. The highest BCUT2D eigenvalue weighted by atomic mass is 19.4. The van der Waals surface area contributed by atoms with Gasteiger partial charge in [-0.3, -0.25) is 4.79 Å². The molecule has 2 saturated heterocycles. The number of alkyl halides is 6. The second-order valence-electron chi connectivity index (χ2n) is 10.7. The smallest absolute Gasteiger partial charge is 0.430 e. The molecule has 1 spiro atoms. The minimum absolute atomic E-state index is 0.447. The van der Waals surface area contributed by atoms with E-state index in [-0.39, 0.29) is 0 Å². The van der Waals surface area contributed by atoms with Crippen LogP contribution in [0.1, 0.15) is 28.8 Å². The van der Waals surface area contributed by atoms with Gasteiger partial charge in [-0.05, 0) is 18.2 Å². The molecule has 1 aromatic heterocycles. The fraction of sp³-hybridized carbons (Fsp3) is 0.407. The molecule has 3 aromatic rings. The molecule has 2 fully saturated rings. The van der Waals surface area contributed by atoms with E-state index >= 15 is 0 Å². The molecule has 2 aromatic carbocycles. The molecule has 4 N–H and O–H groups in total. The maximum Gasteiger partial charge on any atom is 0.430 e. The van der Waals surface area contributed by atoms with E-state index in [1.807, 2.05) is 23.0 Å². The predicted octanol–water partition coefficient (Wildman–Crippen LogP) is -1.58. The lowest BCUT2D eigenvalue weighted by atomic mass is 9.86. The summed E-state index contributed by atoms with van der Waals surface area (Å²) < 4.78 is 64.9. The van der Waals surface area contributed by atoms with E-state index in [0.29, 0.717) is 16.5 Å². The Morgan fingerprint density at radius 1 is 0.930 bits per heavy atom. The van der Waals surface area contributed by atoms with Crippen molar-refractivity contribution < 1.29 is 60.7 Å². The molecule has 3 unspecified atom stereocenters. The molecule has 234 valence electrons. The SMILES string of the molecule is C[NH+]1CCC2(CC[NH+](Cc3ccc(-n4cc5cccc(C(N)=O)c5n4)cc3)C2)C1.O=C([O-])C(F)(F)F.O=C([O-])C(F)(F)F. The molecule has 0 radical (unpaired) electrons. The van der Waals surface area contributed by atoms with Gasteiger partial charge < -0.3 is 35.3 Å². The number of nitrogens with zero attached hydrogens (tertiary/aromatic N) is 2. The maximum absolute atomic E-state index is 11.7. The first kappa shape index (κ1) is 33.3. The number of carboxylic acids is 2. The Bertz CT molecular complexity index is 1430. The number of carbonyl (C=O) groups is 3. The largest absolute Gasteiger partial charge is 0.542 e. The fourth-order valence-electron chi connectivity index (χ4n) is 5.39. The number of hydrogen-bond acceptors (Lipinski definition) is 6. The third-order valence-corrected chi connectivity index (χ3v) is 7.31. The Labute approximate surface area is 241 Å². The normalized spacial score (nSPS) is 21.6. The van der Waals surface area contributed by atoms with Gasteiger partial charge >= 0.3 is 12.4 Å². The van der Waals surface area contributed by atoms with Crippen molar-refractivity contribution in [3.8, 4) is 5.69 Å². The molecule has 2 aliphatic rings. The summed E-state index contributed by atoms with van der Waals surface area (Å²) in [6.07, 6.45) is -5.67. The van der Waals surface area contributed by atoms with Crippen LogP contribution in [0.25, 0.3) is 16.6 Å². The van der Waals surface area contributed by atoms with Crippen molar-refractivity contribution in [1.82, 2.24) is 9.78 Å². The quantitative estimate of drug-likeness (QED) is 0.301. The number of halogens is 6. The molecule has 16 heteroatoms. The van der Waals surface area contributed by atoms with Crippen LogP contribution in [-0.4, -0.2) is 73.2 Å². The first-order chi connectivity index (χ1) is 19.9. The second-order valence-corrected chi connectivity index (χ2v) is 10.7. The minimum Gasteiger partial charge on any atom is -0.542 e. The zero-order valence-electron chi connectivity index (χ0n) is 22.8. The summed E-state index contributed by atoms with van der Waals surface area (Å²) >= 11 is 0. The first-order valence-corrected chi connectivity index (χ1v) is 13.0. The number of aliphatic carboxylic acids is 2. The fourth-order valence-corrected chi connectivity index (χ4v) is 5.39. The summed E-state index contributed by atoms with van der Waals surface area (Å²) in [6, 6.07) is 14.2. The van der Waals surface area contributed by atoms with Crippen molar-refractivity contribution in [1.29, 1.82) is 0 Å². The Morgan fingerprint density at radius 3 is 1.98 bits per heavy atom. The number of primary amides is 1. The summed E-state index contributed by atoms with van der Waals surface area (Å²) in [7, 11) is 2.33. The molecule has 1 amide bonds. The van der Waals surface area contributed by atoms with Crippen molar-refractivity contribution in [3.63, 3.8) is 0 Å². The van der Waals surface area contributed by atoms with Crippen molar-refractivity contribution in [2.75, 3.05) is 33.2 Å². The van der Waals surface area contributed by atoms with Gasteiger partial charge in [0.1, 0.15) is 24.0 Å². The summed E-state index contributed by atoms with van der Waals surface area (Å²) in [5, 5.41) is 23.1. The first-order valence-electron chi connectivity index (χ1n) is 13.0. The van der Waals surface area contributed by atoms with Crippen LogP contribution in [0.4, 0.5) is 26.3 Å². The summed E-state index contributed by atoms with van der Waals surface area (Å²) in [6.45, 7) is 6.36. The number of carbonyl (C=O) groups excluding carboxylic acids is 3. The van der Waals surface area contributed by atoms with E-state index in [9.17, 15) is 31.1 Å². The lowest BCUT2D eigenvalue weighted by Crippen LogP contribution is -3.10. The van der Waals surface area contributed by atoms with E-state index in [0.717, 1.165) is 17.6 Å². The van der Waals surface area contributed by atoms with Crippen LogP contribution in [0.15, 0.2) is 48.7 Å². The number of likely N-dealkylation sites (tertiary alicyclic amines) is 2. The molecule has 0 saturated carbocycles. The average molecular weight is 618 g/mol. The monoisotopic (exact) mass is 617 g/mol. The molecule has 3 atom stereocenters. The number of fused-ring (bicyclic) bond motifs is 1. The Balaban J connectivity index is 0.000000303. The van der Waals surface area contributed by atoms with Gasteiger partial charge in [0.05, 0.1) is 49.9 Å². The highest BCUT2D eigenvalue weighted by molar-refractivity contribution is 6.04. The van der Waals surface area contributed by atoms with Crippen molar-refractivity contribution in [3.05, 3.63) is 59.8 Å². The summed E-state index contributed by atoms with van der Waals surface area (Å²) in [4.78, 5) is 32.6. The predicted molar refractivity (Wildman–Crippen MR) is 134 cm³/mol. The number of rotatable bonds is 4. The zero-order chi connectivity index (χ0) is 32.2. The molecule has 2 aliphatic heterocycles.